The Morgan fingerprint density at radius 2 is 1.48 bits per heavy atom. The summed E-state index contributed by atoms with van der Waals surface area (Å²) >= 11 is 3.38. The quantitative estimate of drug-likeness (QED) is 0.306. The fourth-order valence-corrected chi connectivity index (χ4v) is 2.99. The van der Waals surface area contributed by atoms with Crippen molar-refractivity contribution in [1.29, 1.82) is 0 Å². The van der Waals surface area contributed by atoms with Crippen LogP contribution in [0.25, 0.3) is 0 Å². The third-order valence-corrected chi connectivity index (χ3v) is 4.45. The van der Waals surface area contributed by atoms with Crippen molar-refractivity contribution in [3.8, 4) is 11.5 Å². The number of carbonyl (C=O) groups excluding carboxylic acids is 2. The Morgan fingerprint density at radius 1 is 0.852 bits per heavy atom. The second kappa shape index (κ2) is 8.64. The van der Waals surface area contributed by atoms with Gasteiger partial charge in [-0.3, -0.25) is 4.79 Å². The van der Waals surface area contributed by atoms with E-state index in [0.717, 1.165) is 0 Å². The monoisotopic (exact) mass is 424 g/mol. The SMILES string of the molecule is CCOc1ccc(C(=O)Oc2ccc(C(=O)c3ccccc3)cc2)cc1Br. The minimum Gasteiger partial charge on any atom is -0.493 e. The minimum absolute atomic E-state index is 0.0797. The normalized spacial score (nSPS) is 10.3. The summed E-state index contributed by atoms with van der Waals surface area (Å²) in [7, 11) is 0. The molecule has 0 aromatic heterocycles. The Balaban J connectivity index is 1.70. The highest BCUT2D eigenvalue weighted by Crippen LogP contribution is 2.26. The maximum absolute atomic E-state index is 12.4. The zero-order valence-electron chi connectivity index (χ0n) is 14.6. The highest BCUT2D eigenvalue weighted by atomic mass is 79.9. The fourth-order valence-electron chi connectivity index (χ4n) is 2.50. The molecule has 0 saturated heterocycles. The number of hydrogen-bond donors (Lipinski definition) is 0. The average Bonchev–Trinajstić information content (AvgIpc) is 2.70. The van der Waals surface area contributed by atoms with Crippen molar-refractivity contribution < 1.29 is 19.1 Å². The van der Waals surface area contributed by atoms with Crippen LogP contribution in [0.5, 0.6) is 11.5 Å². The van der Waals surface area contributed by atoms with Gasteiger partial charge in [-0.05, 0) is 65.3 Å². The lowest BCUT2D eigenvalue weighted by Gasteiger charge is -2.09. The van der Waals surface area contributed by atoms with Gasteiger partial charge in [0.1, 0.15) is 11.5 Å². The molecule has 4 nitrogen and oxygen atoms in total. The maximum atomic E-state index is 12.4. The van der Waals surface area contributed by atoms with Gasteiger partial charge < -0.3 is 9.47 Å². The zero-order valence-corrected chi connectivity index (χ0v) is 16.2. The fraction of sp³-hybridized carbons (Fsp3) is 0.0909. The molecule has 0 aliphatic rings. The Kier molecular flexibility index (Phi) is 6.04. The lowest BCUT2D eigenvalue weighted by atomic mass is 10.0. The summed E-state index contributed by atoms with van der Waals surface area (Å²) in [5.41, 5.74) is 1.54. The van der Waals surface area contributed by atoms with Gasteiger partial charge in [-0.15, -0.1) is 0 Å². The van der Waals surface area contributed by atoms with Gasteiger partial charge >= 0.3 is 5.97 Å². The van der Waals surface area contributed by atoms with Crippen LogP contribution >= 0.6 is 15.9 Å². The van der Waals surface area contributed by atoms with Crippen molar-refractivity contribution in [2.45, 2.75) is 6.92 Å². The highest BCUT2D eigenvalue weighted by Gasteiger charge is 2.13. The lowest BCUT2D eigenvalue weighted by Crippen LogP contribution is -2.09. The van der Waals surface area contributed by atoms with E-state index in [1.165, 1.54) is 0 Å². The van der Waals surface area contributed by atoms with E-state index in [1.54, 1.807) is 54.6 Å². The highest BCUT2D eigenvalue weighted by molar-refractivity contribution is 9.10. The Morgan fingerprint density at radius 3 is 2.11 bits per heavy atom. The van der Waals surface area contributed by atoms with Crippen molar-refractivity contribution >= 4 is 27.7 Å². The first-order valence-corrected chi connectivity index (χ1v) is 9.22. The largest absolute Gasteiger partial charge is 0.493 e. The second-order valence-electron chi connectivity index (χ2n) is 5.69. The topological polar surface area (TPSA) is 52.6 Å². The molecule has 0 amide bonds. The molecule has 0 atom stereocenters. The molecule has 3 rings (SSSR count). The Hall–Kier alpha value is -2.92. The summed E-state index contributed by atoms with van der Waals surface area (Å²) in [6.07, 6.45) is 0. The molecule has 0 saturated carbocycles. The molecular formula is C22H17BrO4. The van der Waals surface area contributed by atoms with Crippen LogP contribution in [0.15, 0.2) is 77.3 Å². The van der Waals surface area contributed by atoms with Crippen molar-refractivity contribution in [2.24, 2.45) is 0 Å². The molecule has 3 aromatic rings. The van der Waals surface area contributed by atoms with Crippen molar-refractivity contribution in [3.63, 3.8) is 0 Å². The summed E-state index contributed by atoms with van der Waals surface area (Å²) in [5, 5.41) is 0. The lowest BCUT2D eigenvalue weighted by molar-refractivity contribution is 0.0734. The molecule has 136 valence electrons. The number of carbonyl (C=O) groups is 2. The summed E-state index contributed by atoms with van der Waals surface area (Å²) in [4.78, 5) is 24.7. The number of halogens is 1. The van der Waals surface area contributed by atoms with E-state index >= 15 is 0 Å². The Bertz CT molecular complexity index is 950. The number of ether oxygens (including phenoxy) is 2. The van der Waals surface area contributed by atoms with Crippen LogP contribution in [0.2, 0.25) is 0 Å². The second-order valence-corrected chi connectivity index (χ2v) is 6.54. The Labute approximate surface area is 165 Å². The number of benzene rings is 3. The van der Waals surface area contributed by atoms with Crippen LogP contribution in [0.3, 0.4) is 0 Å². The van der Waals surface area contributed by atoms with Crippen LogP contribution in [0.1, 0.15) is 33.2 Å². The van der Waals surface area contributed by atoms with Gasteiger partial charge in [-0.25, -0.2) is 4.79 Å². The van der Waals surface area contributed by atoms with Crippen molar-refractivity contribution in [1.82, 2.24) is 0 Å². The summed E-state index contributed by atoms with van der Waals surface area (Å²) in [6.45, 7) is 2.43. The third-order valence-electron chi connectivity index (χ3n) is 3.83. The van der Waals surface area contributed by atoms with E-state index in [1.807, 2.05) is 25.1 Å². The number of hydrogen-bond acceptors (Lipinski definition) is 4. The standard InChI is InChI=1S/C22H17BrO4/c1-2-26-20-13-10-17(14-19(20)23)22(25)27-18-11-8-16(9-12-18)21(24)15-6-4-3-5-7-15/h3-14H,2H2,1H3. The molecule has 5 heteroatoms. The van der Waals surface area contributed by atoms with Crippen LogP contribution in [-0.4, -0.2) is 18.4 Å². The molecule has 0 spiro atoms. The van der Waals surface area contributed by atoms with E-state index < -0.39 is 5.97 Å². The van der Waals surface area contributed by atoms with Gasteiger partial charge in [-0.1, -0.05) is 30.3 Å². The third kappa shape index (κ3) is 4.63. The van der Waals surface area contributed by atoms with Crippen LogP contribution in [-0.2, 0) is 0 Å². The molecule has 0 fully saturated rings. The van der Waals surface area contributed by atoms with Gasteiger partial charge in [0.2, 0.25) is 0 Å². The molecule has 0 bridgehead atoms. The van der Waals surface area contributed by atoms with Crippen LogP contribution in [0.4, 0.5) is 0 Å². The maximum Gasteiger partial charge on any atom is 0.343 e. The first-order valence-electron chi connectivity index (χ1n) is 8.43. The first-order chi connectivity index (χ1) is 13.1. The van der Waals surface area contributed by atoms with Gasteiger partial charge in [0.05, 0.1) is 16.6 Å². The van der Waals surface area contributed by atoms with E-state index in [9.17, 15) is 9.59 Å². The van der Waals surface area contributed by atoms with E-state index in [-0.39, 0.29) is 5.78 Å². The molecule has 0 unspecified atom stereocenters. The molecule has 3 aromatic carbocycles. The molecule has 27 heavy (non-hydrogen) atoms. The van der Waals surface area contributed by atoms with Crippen molar-refractivity contribution in [2.75, 3.05) is 6.61 Å². The first kappa shape index (κ1) is 18.9. The molecule has 0 N–H and O–H groups in total. The van der Waals surface area contributed by atoms with Crippen molar-refractivity contribution in [3.05, 3.63) is 94.0 Å². The molecule has 0 radical (unpaired) electrons. The zero-order chi connectivity index (χ0) is 19.2. The van der Waals surface area contributed by atoms with Gasteiger partial charge in [0, 0.05) is 11.1 Å². The average molecular weight is 425 g/mol. The van der Waals surface area contributed by atoms with E-state index in [2.05, 4.69) is 15.9 Å². The minimum atomic E-state index is -0.485. The van der Waals surface area contributed by atoms with E-state index in [4.69, 9.17) is 9.47 Å². The van der Waals surface area contributed by atoms with Crippen LogP contribution in [0, 0.1) is 0 Å². The molecule has 0 heterocycles. The number of esters is 1. The van der Waals surface area contributed by atoms with Crippen LogP contribution < -0.4 is 9.47 Å². The summed E-state index contributed by atoms with van der Waals surface area (Å²) in [6, 6.07) is 20.5. The predicted octanol–water partition coefficient (Wildman–Crippen LogP) is 5.30. The summed E-state index contributed by atoms with van der Waals surface area (Å²) in [5.74, 6) is 0.470. The number of rotatable bonds is 6. The number of ketones is 1. The van der Waals surface area contributed by atoms with Gasteiger partial charge in [-0.2, -0.15) is 0 Å². The smallest absolute Gasteiger partial charge is 0.343 e. The van der Waals surface area contributed by atoms with Gasteiger partial charge in [0.15, 0.2) is 5.78 Å². The molecule has 0 aliphatic carbocycles. The van der Waals surface area contributed by atoms with Gasteiger partial charge in [0.25, 0.3) is 0 Å². The predicted molar refractivity (Wildman–Crippen MR) is 107 cm³/mol. The molecular weight excluding hydrogens is 408 g/mol. The van der Waals surface area contributed by atoms with E-state index in [0.29, 0.717) is 39.3 Å². The summed E-state index contributed by atoms with van der Waals surface area (Å²) < 4.78 is 11.5. The molecule has 0 aliphatic heterocycles.